The lowest BCUT2D eigenvalue weighted by Crippen LogP contribution is -2.39. The van der Waals surface area contributed by atoms with Gasteiger partial charge in [0.05, 0.1) is 18.6 Å². The zero-order chi connectivity index (χ0) is 23.7. The smallest absolute Gasteiger partial charge is 0.308 e. The van der Waals surface area contributed by atoms with Crippen LogP contribution in [0.3, 0.4) is 0 Å². The van der Waals surface area contributed by atoms with Gasteiger partial charge < -0.3 is 20.9 Å². The van der Waals surface area contributed by atoms with E-state index >= 15 is 0 Å². The van der Waals surface area contributed by atoms with E-state index in [4.69, 9.17) is 22.1 Å². The number of hydrogen-bond donors (Lipinski definition) is 3. The Balaban J connectivity index is 2.18. The van der Waals surface area contributed by atoms with Crippen molar-refractivity contribution in [3.8, 4) is 11.1 Å². The first-order valence-electron chi connectivity index (χ1n) is 10.2. The second kappa shape index (κ2) is 11.9. The van der Waals surface area contributed by atoms with Gasteiger partial charge in [0.2, 0.25) is 5.91 Å². The number of esters is 1. The minimum atomic E-state index is -0.939. The monoisotopic (exact) mass is 458 g/mol. The fraction of sp³-hybridized carbons (Fsp3) is 0.292. The van der Waals surface area contributed by atoms with Crippen LogP contribution < -0.4 is 11.1 Å². The summed E-state index contributed by atoms with van der Waals surface area (Å²) in [6.45, 7) is 3.68. The van der Waals surface area contributed by atoms with Crippen molar-refractivity contribution in [2.45, 2.75) is 32.7 Å². The van der Waals surface area contributed by atoms with Gasteiger partial charge in [-0.1, -0.05) is 54.9 Å². The first-order chi connectivity index (χ1) is 15.2. The molecule has 0 fully saturated rings. The summed E-state index contributed by atoms with van der Waals surface area (Å²) in [7, 11) is 0. The van der Waals surface area contributed by atoms with E-state index in [1.807, 2.05) is 42.5 Å². The summed E-state index contributed by atoms with van der Waals surface area (Å²) >= 11 is 6.06. The van der Waals surface area contributed by atoms with Gasteiger partial charge in [0.15, 0.2) is 5.76 Å². The molecular formula is C24H27ClN2O5. The Kier molecular flexibility index (Phi) is 9.28. The zero-order valence-corrected chi connectivity index (χ0v) is 18.8. The van der Waals surface area contributed by atoms with Gasteiger partial charge in [-0.2, -0.15) is 0 Å². The summed E-state index contributed by atoms with van der Waals surface area (Å²) in [4.78, 5) is 35.3. The SMILES string of the molecule is CCOC(=O)[C@H](C)C[C@@H](Cc1ccc(-c2cccc(Cl)c2)cc1)NC(=O)/C(O)=C/C(N)=O. The number of nitrogens with one attached hydrogen (secondary N) is 1. The molecule has 0 unspecified atom stereocenters. The molecule has 0 saturated carbocycles. The van der Waals surface area contributed by atoms with Crippen molar-refractivity contribution in [2.24, 2.45) is 11.7 Å². The number of hydrogen-bond acceptors (Lipinski definition) is 5. The highest BCUT2D eigenvalue weighted by Crippen LogP contribution is 2.24. The van der Waals surface area contributed by atoms with E-state index < -0.39 is 29.5 Å². The molecule has 2 amide bonds. The Morgan fingerprint density at radius 1 is 1.16 bits per heavy atom. The summed E-state index contributed by atoms with van der Waals surface area (Å²) in [5.41, 5.74) is 7.86. The van der Waals surface area contributed by atoms with Crippen LogP contribution >= 0.6 is 11.6 Å². The lowest BCUT2D eigenvalue weighted by molar-refractivity contribution is -0.148. The standard InChI is InChI=1S/C24H27ClN2O5/c1-3-32-24(31)15(2)11-20(27-23(30)21(28)14-22(26)29)12-16-7-9-17(10-8-16)18-5-4-6-19(25)13-18/h4-10,13-15,20,28H,3,11-12H2,1-2H3,(H2,26,29)(H,27,30)/b21-14-/t15-,20+/m1/s1. The predicted octanol–water partition coefficient (Wildman–Crippen LogP) is 3.55. The van der Waals surface area contributed by atoms with Gasteiger partial charge in [0, 0.05) is 11.1 Å². The molecule has 0 aromatic heterocycles. The highest BCUT2D eigenvalue weighted by molar-refractivity contribution is 6.30. The van der Waals surface area contributed by atoms with Crippen LogP contribution in [0, 0.1) is 5.92 Å². The average molecular weight is 459 g/mol. The topological polar surface area (TPSA) is 119 Å². The third-order valence-corrected chi connectivity index (χ3v) is 5.00. The first-order valence-corrected chi connectivity index (χ1v) is 10.6. The number of nitrogens with two attached hydrogens (primary N) is 1. The molecule has 0 spiro atoms. The van der Waals surface area contributed by atoms with Gasteiger partial charge in [-0.3, -0.25) is 14.4 Å². The predicted molar refractivity (Wildman–Crippen MR) is 123 cm³/mol. The van der Waals surface area contributed by atoms with Crippen LogP contribution in [0.15, 0.2) is 60.4 Å². The van der Waals surface area contributed by atoms with Crippen LogP contribution in [0.25, 0.3) is 11.1 Å². The average Bonchev–Trinajstić information content (AvgIpc) is 2.73. The van der Waals surface area contributed by atoms with Crippen LogP contribution in [0.1, 0.15) is 25.8 Å². The summed E-state index contributed by atoms with van der Waals surface area (Å²) in [5, 5.41) is 13.1. The first kappa shape index (κ1) is 24.9. The summed E-state index contributed by atoms with van der Waals surface area (Å²) in [5.74, 6) is -3.43. The van der Waals surface area contributed by atoms with Gasteiger partial charge in [-0.25, -0.2) is 0 Å². The molecule has 0 saturated heterocycles. The zero-order valence-electron chi connectivity index (χ0n) is 18.0. The molecule has 0 aliphatic carbocycles. The lowest BCUT2D eigenvalue weighted by Gasteiger charge is -2.22. The highest BCUT2D eigenvalue weighted by atomic mass is 35.5. The van der Waals surface area contributed by atoms with Crippen molar-refractivity contribution in [3.05, 3.63) is 71.0 Å². The Labute approximate surface area is 192 Å². The summed E-state index contributed by atoms with van der Waals surface area (Å²) < 4.78 is 5.05. The van der Waals surface area contributed by atoms with Crippen LogP contribution in [0.4, 0.5) is 0 Å². The van der Waals surface area contributed by atoms with Crippen molar-refractivity contribution in [3.63, 3.8) is 0 Å². The maximum atomic E-state index is 12.3. The number of primary amides is 1. The maximum Gasteiger partial charge on any atom is 0.308 e. The van der Waals surface area contributed by atoms with Crippen molar-refractivity contribution in [1.29, 1.82) is 0 Å². The molecule has 4 N–H and O–H groups in total. The fourth-order valence-electron chi connectivity index (χ4n) is 3.25. The third-order valence-electron chi connectivity index (χ3n) is 4.77. The minimum absolute atomic E-state index is 0.257. The van der Waals surface area contributed by atoms with Crippen LogP contribution in [-0.2, 0) is 25.5 Å². The number of aliphatic hydroxyl groups is 1. The fourth-order valence-corrected chi connectivity index (χ4v) is 3.44. The minimum Gasteiger partial charge on any atom is -0.503 e. The van der Waals surface area contributed by atoms with E-state index in [2.05, 4.69) is 5.32 Å². The van der Waals surface area contributed by atoms with Gasteiger partial charge >= 0.3 is 5.97 Å². The molecular weight excluding hydrogens is 432 g/mol. The Bertz CT molecular complexity index is 988. The largest absolute Gasteiger partial charge is 0.503 e. The van der Waals surface area contributed by atoms with E-state index in [1.165, 1.54) is 0 Å². The second-order valence-electron chi connectivity index (χ2n) is 7.40. The van der Waals surface area contributed by atoms with Crippen LogP contribution in [-0.4, -0.2) is 35.5 Å². The number of benzene rings is 2. The molecule has 0 bridgehead atoms. The lowest BCUT2D eigenvalue weighted by atomic mass is 9.94. The van der Waals surface area contributed by atoms with Crippen LogP contribution in [0.2, 0.25) is 5.02 Å². The van der Waals surface area contributed by atoms with Crippen molar-refractivity contribution < 1.29 is 24.2 Å². The molecule has 32 heavy (non-hydrogen) atoms. The van der Waals surface area contributed by atoms with Gasteiger partial charge in [-0.05, 0) is 48.6 Å². The molecule has 7 nitrogen and oxygen atoms in total. The number of aliphatic hydroxyl groups excluding tert-OH is 1. The number of ether oxygens (including phenoxy) is 1. The summed E-state index contributed by atoms with van der Waals surface area (Å²) in [6.07, 6.45) is 1.32. The Morgan fingerprint density at radius 2 is 1.84 bits per heavy atom. The number of halogens is 1. The normalized spacial score (nSPS) is 13.2. The van der Waals surface area contributed by atoms with Gasteiger partial charge in [0.25, 0.3) is 5.91 Å². The third kappa shape index (κ3) is 7.74. The number of amides is 2. The molecule has 0 aliphatic heterocycles. The number of carbonyl (C=O) groups excluding carboxylic acids is 3. The van der Waals surface area contributed by atoms with Crippen molar-refractivity contribution >= 4 is 29.4 Å². The molecule has 0 heterocycles. The molecule has 0 aliphatic rings. The maximum absolute atomic E-state index is 12.3. The molecule has 8 heteroatoms. The molecule has 170 valence electrons. The van der Waals surface area contributed by atoms with E-state index in [0.717, 1.165) is 16.7 Å². The van der Waals surface area contributed by atoms with Crippen molar-refractivity contribution in [2.75, 3.05) is 6.61 Å². The van der Waals surface area contributed by atoms with E-state index in [1.54, 1.807) is 19.9 Å². The van der Waals surface area contributed by atoms with Crippen LogP contribution in [0.5, 0.6) is 0 Å². The number of rotatable bonds is 10. The van der Waals surface area contributed by atoms with Gasteiger partial charge in [-0.15, -0.1) is 0 Å². The molecule has 2 rings (SSSR count). The van der Waals surface area contributed by atoms with E-state index in [9.17, 15) is 19.5 Å². The molecule has 0 radical (unpaired) electrons. The Hall–Kier alpha value is -3.32. The van der Waals surface area contributed by atoms with Gasteiger partial charge in [0.1, 0.15) is 0 Å². The van der Waals surface area contributed by atoms with Crippen molar-refractivity contribution in [1.82, 2.24) is 5.32 Å². The van der Waals surface area contributed by atoms with E-state index in [-0.39, 0.29) is 19.0 Å². The molecule has 2 aromatic rings. The Morgan fingerprint density at radius 3 is 2.44 bits per heavy atom. The second-order valence-corrected chi connectivity index (χ2v) is 7.84. The quantitative estimate of drug-likeness (QED) is 0.286. The molecule has 2 aromatic carbocycles. The van der Waals surface area contributed by atoms with E-state index in [0.29, 0.717) is 17.5 Å². The number of carbonyl (C=O) groups is 3. The molecule has 2 atom stereocenters. The summed E-state index contributed by atoms with van der Waals surface area (Å²) in [6, 6.07) is 14.7. The highest BCUT2D eigenvalue weighted by Gasteiger charge is 2.23.